The number of pyridine rings is 1. The molecule has 0 saturated heterocycles. The fourth-order valence-corrected chi connectivity index (χ4v) is 4.81. The highest BCUT2D eigenvalue weighted by Crippen LogP contribution is 2.36. The number of azo groups is 1. The van der Waals surface area contributed by atoms with Gasteiger partial charge in [0.15, 0.2) is 11.6 Å². The average molecular weight is 651 g/mol. The smallest absolute Gasteiger partial charge is 0.281 e. The van der Waals surface area contributed by atoms with Gasteiger partial charge in [-0.3, -0.25) is 9.36 Å². The Kier molecular flexibility index (Phi) is 11.6. The van der Waals surface area contributed by atoms with Crippen molar-refractivity contribution in [1.82, 2.24) is 19.5 Å². The van der Waals surface area contributed by atoms with Gasteiger partial charge >= 0.3 is 0 Å². The van der Waals surface area contributed by atoms with Crippen molar-refractivity contribution in [3.05, 3.63) is 75.3 Å². The van der Waals surface area contributed by atoms with Gasteiger partial charge in [-0.2, -0.15) is 15.0 Å². The molecule has 0 atom stereocenters. The molecular formula is C24H23ClN8O8S2. The summed E-state index contributed by atoms with van der Waals surface area (Å²) in [4.78, 5) is 26.0. The zero-order valence-electron chi connectivity index (χ0n) is 22.3. The van der Waals surface area contributed by atoms with Crippen LogP contribution in [0.4, 0.5) is 34.6 Å². The number of aromatic hydroxyl groups is 1. The number of benzene rings is 2. The van der Waals surface area contributed by atoms with E-state index in [0.717, 1.165) is 10.3 Å². The molecule has 0 unspecified atom stereocenters. The van der Waals surface area contributed by atoms with E-state index in [2.05, 4.69) is 54.6 Å². The summed E-state index contributed by atoms with van der Waals surface area (Å²) in [5, 5.41) is 49.4. The molecule has 0 saturated carbocycles. The van der Waals surface area contributed by atoms with Crippen LogP contribution in [0.3, 0.4) is 0 Å². The first-order valence-electron chi connectivity index (χ1n) is 12.1. The highest BCUT2D eigenvalue weighted by atomic mass is 35.5. The van der Waals surface area contributed by atoms with Gasteiger partial charge in [-0.25, -0.2) is 10.5 Å². The normalized spacial score (nSPS) is 11.3. The number of hydrogen-bond donors (Lipinski definition) is 5. The second-order valence-electron chi connectivity index (χ2n) is 8.21. The third-order valence-corrected chi connectivity index (χ3v) is 7.03. The Morgan fingerprint density at radius 1 is 0.977 bits per heavy atom. The van der Waals surface area contributed by atoms with Crippen molar-refractivity contribution in [2.75, 3.05) is 10.6 Å². The van der Waals surface area contributed by atoms with Gasteiger partial charge in [0.1, 0.15) is 5.69 Å². The second-order valence-corrected chi connectivity index (χ2v) is 9.95. The zero-order valence-corrected chi connectivity index (χ0v) is 24.7. The Balaban J connectivity index is 1.68. The highest BCUT2D eigenvalue weighted by Gasteiger charge is 2.19. The molecule has 2 heterocycles. The number of halogens is 1. The molecule has 226 valence electrons. The monoisotopic (exact) mass is 650 g/mol. The van der Waals surface area contributed by atoms with Crippen molar-refractivity contribution in [2.45, 2.75) is 31.0 Å². The second kappa shape index (κ2) is 15.6. The van der Waals surface area contributed by atoms with Crippen molar-refractivity contribution in [3.63, 3.8) is 0 Å². The van der Waals surface area contributed by atoms with Crippen molar-refractivity contribution < 1.29 is 34.4 Å². The maximum absolute atomic E-state index is 13.1. The van der Waals surface area contributed by atoms with Gasteiger partial charge < -0.3 is 15.7 Å². The lowest BCUT2D eigenvalue weighted by Gasteiger charge is -2.14. The first kappa shape index (κ1) is 32.1. The number of nitrogens with zero attached hydrogens (tertiary/aromatic N) is 6. The Morgan fingerprint density at radius 2 is 1.67 bits per heavy atom. The average Bonchev–Trinajstić information content (AvgIpc) is 2.99. The molecule has 0 bridgehead atoms. The van der Waals surface area contributed by atoms with Crippen LogP contribution in [0.25, 0.3) is 0 Å². The fraction of sp³-hybridized carbons (Fsp3) is 0.167. The minimum absolute atomic E-state index is 0.0127. The summed E-state index contributed by atoms with van der Waals surface area (Å²) in [6.07, 6.45) is 0. The van der Waals surface area contributed by atoms with E-state index in [4.69, 9.17) is 22.1 Å². The van der Waals surface area contributed by atoms with Crippen LogP contribution in [0.5, 0.6) is 5.88 Å². The summed E-state index contributed by atoms with van der Waals surface area (Å²) >= 11 is 7.44. The van der Waals surface area contributed by atoms with E-state index in [1.807, 2.05) is 30.3 Å². The van der Waals surface area contributed by atoms with Gasteiger partial charge in [-0.1, -0.05) is 28.3 Å². The molecule has 16 nitrogen and oxygen atoms in total. The molecule has 4 aromatic rings. The highest BCUT2D eigenvalue weighted by molar-refractivity contribution is 7.94. The van der Waals surface area contributed by atoms with Gasteiger partial charge in [0.25, 0.3) is 5.56 Å². The number of hydrogen-bond acceptors (Lipinski definition) is 17. The first-order chi connectivity index (χ1) is 20.8. The minimum Gasteiger partial charge on any atom is -0.494 e. The SMILES string of the molecule is CCn1c(O)c(CSOOO)c(C)c(N=Nc2cc(Nc3nc(Cl)nc(Nc4ccccc4)n3)ccc2SOOO)c1=O. The Hall–Kier alpha value is -3.85. The van der Waals surface area contributed by atoms with E-state index in [9.17, 15) is 9.90 Å². The number of para-hydroxylation sites is 1. The third kappa shape index (κ3) is 8.38. The van der Waals surface area contributed by atoms with E-state index in [1.54, 1.807) is 32.0 Å². The summed E-state index contributed by atoms with van der Waals surface area (Å²) in [7, 11) is 0. The molecule has 2 aromatic carbocycles. The van der Waals surface area contributed by atoms with Gasteiger partial charge in [0.2, 0.25) is 17.2 Å². The van der Waals surface area contributed by atoms with Gasteiger partial charge in [-0.15, -0.1) is 18.9 Å². The largest absolute Gasteiger partial charge is 0.494 e. The molecule has 43 heavy (non-hydrogen) atoms. The number of aromatic nitrogens is 4. The van der Waals surface area contributed by atoms with Crippen molar-refractivity contribution in [3.8, 4) is 5.88 Å². The van der Waals surface area contributed by atoms with E-state index < -0.39 is 5.56 Å². The standard InChI is InChI=1S/C24H23ClN8O8S2/c1-3-33-20(34)16(12-42-40-38-36)13(2)19(21(33)35)32-31-17-11-15(9-10-18(17)43-41-39-37)27-24-29-22(25)28-23(30-24)26-14-7-5-4-6-8-14/h4-11,34,36-37H,3,12H2,1-2H3,(H2,26,27,28,29,30). The van der Waals surface area contributed by atoms with Crippen LogP contribution in [0.1, 0.15) is 18.1 Å². The molecular weight excluding hydrogens is 628 g/mol. The predicted octanol–water partition coefficient (Wildman–Crippen LogP) is 6.62. The Morgan fingerprint density at radius 3 is 2.35 bits per heavy atom. The van der Waals surface area contributed by atoms with Crippen molar-refractivity contribution in [2.24, 2.45) is 10.2 Å². The molecule has 0 spiro atoms. The zero-order chi connectivity index (χ0) is 30.8. The summed E-state index contributed by atoms with van der Waals surface area (Å²) < 4.78 is 10.1. The van der Waals surface area contributed by atoms with Crippen LogP contribution in [0.15, 0.2) is 68.4 Å². The molecule has 0 aliphatic rings. The van der Waals surface area contributed by atoms with E-state index >= 15 is 0 Å². The third-order valence-electron chi connectivity index (χ3n) is 5.64. The lowest BCUT2D eigenvalue weighted by atomic mass is 10.1. The molecule has 4 rings (SSSR count). The lowest BCUT2D eigenvalue weighted by molar-refractivity contribution is -0.432. The molecule has 0 aliphatic heterocycles. The number of rotatable bonds is 14. The maximum Gasteiger partial charge on any atom is 0.281 e. The van der Waals surface area contributed by atoms with Crippen LogP contribution < -0.4 is 16.2 Å². The topological polar surface area (TPSA) is 207 Å². The summed E-state index contributed by atoms with van der Waals surface area (Å²) in [5.74, 6) is 0.0482. The maximum atomic E-state index is 13.1. The van der Waals surface area contributed by atoms with E-state index in [1.165, 1.54) is 0 Å². The van der Waals surface area contributed by atoms with Crippen LogP contribution in [-0.4, -0.2) is 35.1 Å². The van der Waals surface area contributed by atoms with Crippen molar-refractivity contribution >= 4 is 70.3 Å². The summed E-state index contributed by atoms with van der Waals surface area (Å²) in [6.45, 7) is 3.39. The molecule has 0 radical (unpaired) electrons. The number of nitrogens with one attached hydrogen (secondary N) is 2. The van der Waals surface area contributed by atoms with E-state index in [-0.39, 0.29) is 46.7 Å². The molecule has 0 aliphatic carbocycles. The first-order valence-corrected chi connectivity index (χ1v) is 14.1. The van der Waals surface area contributed by atoms with Crippen LogP contribution in [-0.2, 0) is 31.0 Å². The molecule has 0 fully saturated rings. The quantitative estimate of drug-likeness (QED) is 0.0319. The number of anilines is 4. The lowest BCUT2D eigenvalue weighted by Crippen LogP contribution is -2.21. The van der Waals surface area contributed by atoms with Crippen LogP contribution in [0.2, 0.25) is 5.28 Å². The van der Waals surface area contributed by atoms with Crippen LogP contribution >= 0.6 is 35.7 Å². The fourth-order valence-electron chi connectivity index (χ4n) is 3.69. The van der Waals surface area contributed by atoms with Gasteiger partial charge in [-0.05, 0) is 61.3 Å². The molecule has 19 heteroatoms. The van der Waals surface area contributed by atoms with Crippen LogP contribution in [0, 0.1) is 6.92 Å². The Bertz CT molecular complexity index is 1650. The molecule has 5 N–H and O–H groups in total. The van der Waals surface area contributed by atoms with Gasteiger partial charge in [0.05, 0.1) is 22.7 Å². The van der Waals surface area contributed by atoms with Gasteiger partial charge in [0, 0.05) is 35.5 Å². The van der Waals surface area contributed by atoms with E-state index in [0.29, 0.717) is 45.8 Å². The Labute approximate surface area is 256 Å². The summed E-state index contributed by atoms with van der Waals surface area (Å²) in [5.41, 5.74) is 1.36. The predicted molar refractivity (Wildman–Crippen MR) is 158 cm³/mol. The summed E-state index contributed by atoms with van der Waals surface area (Å²) in [6, 6.07) is 14.0. The molecule has 2 aromatic heterocycles. The molecule has 0 amide bonds. The minimum atomic E-state index is -0.592. The van der Waals surface area contributed by atoms with Crippen molar-refractivity contribution in [1.29, 1.82) is 0 Å².